The Bertz CT molecular complexity index is 1980. The first-order chi connectivity index (χ1) is 33.3. The molecule has 4 amide bonds. The van der Waals surface area contributed by atoms with Crippen LogP contribution in [-0.4, -0.2) is 120 Å². The number of benzene rings is 2. The van der Waals surface area contributed by atoms with Crippen molar-refractivity contribution in [2.75, 3.05) is 28.2 Å². The summed E-state index contributed by atoms with van der Waals surface area (Å²) in [5.41, 5.74) is 0.486. The van der Waals surface area contributed by atoms with Gasteiger partial charge in [0.15, 0.2) is 0 Å². The van der Waals surface area contributed by atoms with Crippen LogP contribution in [0.2, 0.25) is 0 Å². The fourth-order valence-electron chi connectivity index (χ4n) is 9.93. The average molecular weight is 1000 g/mol. The van der Waals surface area contributed by atoms with Crippen molar-refractivity contribution in [2.45, 2.75) is 184 Å². The van der Waals surface area contributed by atoms with Crippen molar-refractivity contribution in [2.24, 2.45) is 22.7 Å². The van der Waals surface area contributed by atoms with Crippen molar-refractivity contribution in [3.05, 3.63) is 95.1 Å². The van der Waals surface area contributed by atoms with E-state index in [9.17, 15) is 39.0 Å². The number of aliphatic carboxylic acids is 2. The molecule has 2 aromatic carbocycles. The summed E-state index contributed by atoms with van der Waals surface area (Å²) in [6.07, 6.45) is 6.20. The van der Waals surface area contributed by atoms with Crippen molar-refractivity contribution < 1.29 is 39.0 Å². The molecule has 0 aliphatic rings. The minimum atomic E-state index is -1.02. The highest BCUT2D eigenvalue weighted by molar-refractivity contribution is 5.93. The highest BCUT2D eigenvalue weighted by Gasteiger charge is 2.46. The number of carbonyl (C=O) groups is 6. The van der Waals surface area contributed by atoms with E-state index in [0.717, 1.165) is 36.8 Å². The largest absolute Gasteiger partial charge is 0.478 e. The number of hydrogen-bond donors (Lipinski definition) is 6. The molecule has 404 valence electrons. The Kier molecular flexibility index (Phi) is 25.3. The van der Waals surface area contributed by atoms with Gasteiger partial charge in [-0.05, 0) is 87.4 Å². The molecule has 0 fully saturated rings. The Morgan fingerprint density at radius 2 is 0.778 bits per heavy atom. The molecule has 6 atom stereocenters. The molecular weight excluding hydrogens is 909 g/mol. The van der Waals surface area contributed by atoms with Crippen LogP contribution in [0.4, 0.5) is 0 Å². The van der Waals surface area contributed by atoms with Crippen LogP contribution < -0.4 is 21.3 Å². The van der Waals surface area contributed by atoms with Crippen LogP contribution in [-0.2, 0) is 39.6 Å². The molecule has 0 heterocycles. The third-order valence-electron chi connectivity index (χ3n) is 14.7. The molecule has 2 rings (SSSR count). The second-order valence-corrected chi connectivity index (χ2v) is 22.2. The van der Waals surface area contributed by atoms with E-state index < -0.39 is 69.8 Å². The molecule has 72 heavy (non-hydrogen) atoms. The first-order valence-corrected chi connectivity index (χ1v) is 25.8. The van der Waals surface area contributed by atoms with Crippen molar-refractivity contribution in [1.82, 2.24) is 31.1 Å². The number of nitrogens with one attached hydrogen (secondary N) is 4. The molecular formula is C58H94N6O8. The summed E-state index contributed by atoms with van der Waals surface area (Å²) in [6.45, 7) is 30.7. The lowest BCUT2D eigenvalue weighted by molar-refractivity contribution is -0.141. The number of amides is 4. The van der Waals surface area contributed by atoms with Crippen LogP contribution >= 0.6 is 0 Å². The van der Waals surface area contributed by atoms with Crippen LogP contribution in [0.15, 0.2) is 84.0 Å². The number of rotatable bonds is 24. The molecule has 6 N–H and O–H groups in total. The lowest BCUT2D eigenvalue weighted by Crippen LogP contribution is -2.62. The van der Waals surface area contributed by atoms with Crippen molar-refractivity contribution >= 4 is 35.6 Å². The summed E-state index contributed by atoms with van der Waals surface area (Å²) in [5, 5.41) is 31.3. The van der Waals surface area contributed by atoms with Gasteiger partial charge in [0.25, 0.3) is 0 Å². The van der Waals surface area contributed by atoms with Crippen LogP contribution in [0, 0.1) is 22.7 Å². The fraction of sp³-hybridized carbons (Fsp3) is 0.621. The predicted molar refractivity (Wildman–Crippen MR) is 291 cm³/mol. The molecule has 14 nitrogen and oxygen atoms in total. The molecule has 0 bridgehead atoms. The van der Waals surface area contributed by atoms with Crippen LogP contribution in [0.1, 0.15) is 148 Å². The Morgan fingerprint density at radius 1 is 0.514 bits per heavy atom. The third kappa shape index (κ3) is 16.3. The van der Waals surface area contributed by atoms with Gasteiger partial charge < -0.3 is 41.3 Å². The van der Waals surface area contributed by atoms with E-state index in [0.29, 0.717) is 0 Å². The molecule has 0 saturated carbocycles. The number of carboxylic acids is 2. The first kappa shape index (κ1) is 64.7. The number of carbonyl (C=O) groups excluding carboxylic acids is 4. The highest BCUT2D eigenvalue weighted by Crippen LogP contribution is 2.37. The minimum absolute atomic E-state index is 0.0134. The standard InChI is InChI=1S/2C29H47N3O4/c2*1-11-29(12-2,21-16-14-13-15-17-21)23(30-9)25(33)31-24(28(6,7)8)26(34)32(10)22(19(3)4)18-20(5)27(35)36/h2*13-19,22-24,30H,11-12H2,1-10H3,(H,31,33)(H,35,36)/b2*20-18+/t22-,23+,24-;22-,23-,24-/m11/s1. The lowest BCUT2D eigenvalue weighted by Gasteiger charge is -2.42. The van der Waals surface area contributed by atoms with Gasteiger partial charge in [-0.1, -0.05) is 170 Å². The zero-order chi connectivity index (χ0) is 55.7. The maximum Gasteiger partial charge on any atom is 0.331 e. The van der Waals surface area contributed by atoms with Gasteiger partial charge in [0.2, 0.25) is 23.6 Å². The first-order valence-electron chi connectivity index (χ1n) is 25.8. The van der Waals surface area contributed by atoms with Crippen molar-refractivity contribution in [3.63, 3.8) is 0 Å². The zero-order valence-electron chi connectivity index (χ0n) is 47.6. The molecule has 0 radical (unpaired) electrons. The molecule has 2 aromatic rings. The Hall–Kier alpha value is -5.34. The Labute approximate surface area is 433 Å². The van der Waals surface area contributed by atoms with E-state index in [4.69, 9.17) is 0 Å². The average Bonchev–Trinajstić information content (AvgIpc) is 3.32. The molecule has 0 aromatic heterocycles. The maximum atomic E-state index is 13.8. The van der Waals surface area contributed by atoms with Gasteiger partial charge in [0.05, 0.1) is 24.2 Å². The van der Waals surface area contributed by atoms with Gasteiger partial charge >= 0.3 is 11.9 Å². The number of carboxylic acid groups (broad SMARTS) is 2. The molecule has 14 heteroatoms. The molecule has 0 aliphatic carbocycles. The SMILES string of the molecule is CCC(CC)(c1ccccc1)[C@@H](NC)C(=O)N[C@H](C(=O)N(C)[C@H](/C=C(\C)C(=O)O)C(C)C)C(C)(C)C.CCC(CC)(c1ccccc1)[C@H](NC)C(=O)N[C@H](C(=O)N(C)[C@H](/C=C(\C)C(=O)O)C(C)C)C(C)(C)C. The molecule has 0 spiro atoms. The summed E-state index contributed by atoms with van der Waals surface area (Å²) < 4.78 is 0. The third-order valence-corrected chi connectivity index (χ3v) is 14.7. The number of likely N-dealkylation sites (N-methyl/N-ethyl adjacent to an activating group) is 4. The summed E-state index contributed by atoms with van der Waals surface area (Å²) in [7, 11) is 6.90. The second-order valence-electron chi connectivity index (χ2n) is 22.2. The Morgan fingerprint density at radius 3 is 0.972 bits per heavy atom. The van der Waals surface area contributed by atoms with E-state index in [1.165, 1.54) is 13.8 Å². The zero-order valence-corrected chi connectivity index (χ0v) is 47.6. The van der Waals surface area contributed by atoms with E-state index in [1.54, 1.807) is 50.1 Å². The van der Waals surface area contributed by atoms with Crippen molar-refractivity contribution in [1.29, 1.82) is 0 Å². The fourth-order valence-corrected chi connectivity index (χ4v) is 9.93. The summed E-state index contributed by atoms with van der Waals surface area (Å²) in [5.74, 6) is -3.03. The van der Waals surface area contributed by atoms with Gasteiger partial charge in [-0.25, -0.2) is 9.59 Å². The lowest BCUT2D eigenvalue weighted by atomic mass is 9.69. The van der Waals surface area contributed by atoms with E-state index in [2.05, 4.69) is 73.2 Å². The monoisotopic (exact) mass is 1000 g/mol. The summed E-state index contributed by atoms with van der Waals surface area (Å²) in [4.78, 5) is 81.3. The van der Waals surface area contributed by atoms with Gasteiger partial charge in [0, 0.05) is 36.1 Å². The summed E-state index contributed by atoms with van der Waals surface area (Å²) in [6, 6.07) is 16.5. The number of hydrogen-bond acceptors (Lipinski definition) is 8. The van der Waals surface area contributed by atoms with Gasteiger partial charge in [-0.3, -0.25) is 19.2 Å². The van der Waals surface area contributed by atoms with E-state index >= 15 is 0 Å². The molecule has 0 saturated heterocycles. The Balaban J connectivity index is 0.000000720. The quantitative estimate of drug-likeness (QED) is 0.0553. The molecule has 0 unspecified atom stereocenters. The topological polar surface area (TPSA) is 197 Å². The smallest absolute Gasteiger partial charge is 0.331 e. The van der Waals surface area contributed by atoms with Crippen LogP contribution in [0.25, 0.3) is 0 Å². The highest BCUT2D eigenvalue weighted by atomic mass is 16.4. The van der Waals surface area contributed by atoms with E-state index in [1.807, 2.05) is 106 Å². The van der Waals surface area contributed by atoms with Crippen LogP contribution in [0.3, 0.4) is 0 Å². The minimum Gasteiger partial charge on any atom is -0.478 e. The van der Waals surface area contributed by atoms with Gasteiger partial charge in [-0.2, -0.15) is 0 Å². The van der Waals surface area contributed by atoms with Gasteiger partial charge in [-0.15, -0.1) is 0 Å². The predicted octanol–water partition coefficient (Wildman–Crippen LogP) is 8.75. The van der Waals surface area contributed by atoms with Crippen LogP contribution in [0.5, 0.6) is 0 Å². The molecule has 0 aliphatic heterocycles. The maximum absolute atomic E-state index is 13.8. The summed E-state index contributed by atoms with van der Waals surface area (Å²) >= 11 is 0. The second kappa shape index (κ2) is 28.2. The van der Waals surface area contributed by atoms with Gasteiger partial charge in [0.1, 0.15) is 12.1 Å². The van der Waals surface area contributed by atoms with Crippen molar-refractivity contribution in [3.8, 4) is 0 Å². The van der Waals surface area contributed by atoms with E-state index in [-0.39, 0.29) is 46.6 Å². The number of nitrogens with zero attached hydrogens (tertiary/aromatic N) is 2. The normalized spacial score (nSPS) is 15.2.